The molecule has 2 N–H and O–H groups in total. The minimum atomic E-state index is -3.84. The summed E-state index contributed by atoms with van der Waals surface area (Å²) < 4.78 is 28.5. The zero-order chi connectivity index (χ0) is 24.1. The maximum Gasteiger partial charge on any atom is 0.337 e. The predicted octanol–water partition coefficient (Wildman–Crippen LogP) is 5.87. The molecule has 0 aromatic heterocycles. The van der Waals surface area contributed by atoms with Gasteiger partial charge in [-0.3, -0.25) is 4.72 Å². The van der Waals surface area contributed by atoms with E-state index in [0.717, 1.165) is 18.4 Å². The lowest BCUT2D eigenvalue weighted by Gasteiger charge is -2.22. The van der Waals surface area contributed by atoms with E-state index in [-0.39, 0.29) is 16.1 Å². The molecule has 0 radical (unpaired) electrons. The van der Waals surface area contributed by atoms with Crippen LogP contribution in [0.3, 0.4) is 0 Å². The number of nitrogens with one attached hydrogen (secondary N) is 1. The van der Waals surface area contributed by atoms with Crippen molar-refractivity contribution >= 4 is 27.4 Å². The maximum atomic E-state index is 13.0. The smallest absolute Gasteiger partial charge is 0.337 e. The fraction of sp³-hybridized carbons (Fsp3) is 0.296. The lowest BCUT2D eigenvalue weighted by molar-refractivity contribution is 0.0697. The second kappa shape index (κ2) is 10.3. The van der Waals surface area contributed by atoms with E-state index in [1.165, 1.54) is 30.9 Å². The molecule has 0 unspecified atom stereocenters. The summed E-state index contributed by atoms with van der Waals surface area (Å²) in [6.45, 7) is 0.527. The van der Waals surface area contributed by atoms with E-state index in [2.05, 4.69) is 4.72 Å². The van der Waals surface area contributed by atoms with Gasteiger partial charge in [-0.25, -0.2) is 13.2 Å². The van der Waals surface area contributed by atoms with Gasteiger partial charge < -0.3 is 10.0 Å². The quantitative estimate of drug-likeness (QED) is 0.423. The first kappa shape index (κ1) is 23.8. The van der Waals surface area contributed by atoms with Crippen molar-refractivity contribution in [2.24, 2.45) is 0 Å². The Labute approximate surface area is 201 Å². The molecule has 1 aliphatic rings. The highest BCUT2D eigenvalue weighted by Gasteiger charge is 2.20. The zero-order valence-electron chi connectivity index (χ0n) is 19.3. The van der Waals surface area contributed by atoms with E-state index < -0.39 is 16.0 Å². The summed E-state index contributed by atoms with van der Waals surface area (Å²) in [5.41, 5.74) is 2.98. The summed E-state index contributed by atoms with van der Waals surface area (Å²) in [6, 6.07) is 21.4. The van der Waals surface area contributed by atoms with Gasteiger partial charge >= 0.3 is 5.97 Å². The van der Waals surface area contributed by atoms with Gasteiger partial charge in [-0.2, -0.15) is 0 Å². The Bertz CT molecular complexity index is 1240. The number of carboxylic acids is 1. The molecule has 0 bridgehead atoms. The fourth-order valence-corrected chi connectivity index (χ4v) is 5.66. The first-order valence-corrected chi connectivity index (χ1v) is 13.1. The molecule has 0 saturated heterocycles. The maximum absolute atomic E-state index is 13.0. The third-order valence-electron chi connectivity index (χ3n) is 6.42. The molecule has 4 rings (SSSR count). The van der Waals surface area contributed by atoms with Crippen LogP contribution in [-0.2, 0) is 16.6 Å². The van der Waals surface area contributed by atoms with Crippen molar-refractivity contribution in [3.8, 4) is 0 Å². The number of carbonyl (C=O) groups is 1. The van der Waals surface area contributed by atoms with Crippen LogP contribution in [-0.4, -0.2) is 26.5 Å². The van der Waals surface area contributed by atoms with Gasteiger partial charge in [-0.05, 0) is 60.2 Å². The van der Waals surface area contributed by atoms with Crippen LogP contribution in [0.2, 0.25) is 0 Å². The Kier molecular flexibility index (Phi) is 7.22. The van der Waals surface area contributed by atoms with E-state index in [1.54, 1.807) is 24.3 Å². The van der Waals surface area contributed by atoms with Gasteiger partial charge in [0.1, 0.15) is 0 Å². The number of rotatable bonds is 8. The molecule has 1 saturated carbocycles. The monoisotopic (exact) mass is 478 g/mol. The molecule has 6 nitrogen and oxygen atoms in total. The minimum absolute atomic E-state index is 0.0336. The molecule has 7 heteroatoms. The lowest BCUT2D eigenvalue weighted by atomic mass is 9.84. The standard InChI is InChI=1S/C27H30N2O4S/c1-29(19-20-8-4-2-5-9-20)26-17-14-23(18-25(26)27(30)31)28-34(32,33)24-15-12-22(13-16-24)21-10-6-3-7-11-21/h2,4-5,8-9,12-18,21,28H,3,6-7,10-11,19H2,1H3,(H,30,31). The van der Waals surface area contributed by atoms with Crippen molar-refractivity contribution in [2.75, 3.05) is 16.7 Å². The van der Waals surface area contributed by atoms with Crippen LogP contribution in [0.5, 0.6) is 0 Å². The van der Waals surface area contributed by atoms with Crippen molar-refractivity contribution < 1.29 is 18.3 Å². The van der Waals surface area contributed by atoms with Gasteiger partial charge in [-0.1, -0.05) is 61.7 Å². The number of aromatic carboxylic acids is 1. The molecule has 3 aromatic rings. The van der Waals surface area contributed by atoms with Crippen LogP contribution in [0.25, 0.3) is 0 Å². The molecule has 3 aromatic carbocycles. The molecule has 0 spiro atoms. The molecule has 1 aliphatic carbocycles. The van der Waals surface area contributed by atoms with E-state index in [0.29, 0.717) is 18.2 Å². The molecule has 0 amide bonds. The fourth-order valence-electron chi connectivity index (χ4n) is 4.62. The number of hydrogen-bond acceptors (Lipinski definition) is 4. The van der Waals surface area contributed by atoms with Crippen LogP contribution in [0.1, 0.15) is 59.5 Å². The first-order chi connectivity index (χ1) is 16.3. The highest BCUT2D eigenvalue weighted by atomic mass is 32.2. The zero-order valence-corrected chi connectivity index (χ0v) is 20.1. The molecule has 0 aliphatic heterocycles. The molecule has 0 heterocycles. The van der Waals surface area contributed by atoms with E-state index >= 15 is 0 Å². The Balaban J connectivity index is 1.52. The number of anilines is 2. The Hall–Kier alpha value is -3.32. The van der Waals surface area contributed by atoms with Crippen LogP contribution < -0.4 is 9.62 Å². The topological polar surface area (TPSA) is 86.7 Å². The molecular weight excluding hydrogens is 448 g/mol. The Morgan fingerprint density at radius 3 is 2.29 bits per heavy atom. The summed E-state index contributed by atoms with van der Waals surface area (Å²) in [7, 11) is -2.03. The van der Waals surface area contributed by atoms with Gasteiger partial charge in [0.25, 0.3) is 10.0 Å². The van der Waals surface area contributed by atoms with Crippen LogP contribution in [0.4, 0.5) is 11.4 Å². The third kappa shape index (κ3) is 5.59. The highest BCUT2D eigenvalue weighted by molar-refractivity contribution is 7.92. The second-order valence-electron chi connectivity index (χ2n) is 8.89. The van der Waals surface area contributed by atoms with Crippen molar-refractivity contribution in [3.05, 3.63) is 89.5 Å². The Morgan fingerprint density at radius 2 is 1.65 bits per heavy atom. The van der Waals surface area contributed by atoms with Gasteiger partial charge in [0.2, 0.25) is 0 Å². The van der Waals surface area contributed by atoms with Crippen LogP contribution in [0, 0.1) is 0 Å². The number of hydrogen-bond donors (Lipinski definition) is 2. The average molecular weight is 479 g/mol. The normalized spacial score (nSPS) is 14.5. The van der Waals surface area contributed by atoms with Crippen molar-refractivity contribution in [2.45, 2.75) is 49.5 Å². The van der Waals surface area contributed by atoms with Gasteiger partial charge in [0.05, 0.1) is 16.1 Å². The van der Waals surface area contributed by atoms with E-state index in [9.17, 15) is 18.3 Å². The molecule has 34 heavy (non-hydrogen) atoms. The summed E-state index contributed by atoms with van der Waals surface area (Å²) in [5, 5.41) is 9.77. The molecule has 0 atom stereocenters. The number of sulfonamides is 1. The van der Waals surface area contributed by atoms with Crippen LogP contribution >= 0.6 is 0 Å². The van der Waals surface area contributed by atoms with Crippen molar-refractivity contribution in [1.82, 2.24) is 0 Å². The van der Waals surface area contributed by atoms with Crippen LogP contribution in [0.15, 0.2) is 77.7 Å². The highest BCUT2D eigenvalue weighted by Crippen LogP contribution is 2.33. The predicted molar refractivity (Wildman–Crippen MR) is 135 cm³/mol. The lowest BCUT2D eigenvalue weighted by Crippen LogP contribution is -2.20. The van der Waals surface area contributed by atoms with Gasteiger partial charge in [-0.15, -0.1) is 0 Å². The molecule has 1 fully saturated rings. The van der Waals surface area contributed by atoms with Gasteiger partial charge in [0, 0.05) is 19.3 Å². The number of nitrogens with zero attached hydrogens (tertiary/aromatic N) is 1. The minimum Gasteiger partial charge on any atom is -0.478 e. The summed E-state index contributed by atoms with van der Waals surface area (Å²) in [6.07, 6.45) is 6.00. The largest absolute Gasteiger partial charge is 0.478 e. The number of benzene rings is 3. The number of carboxylic acid groups (broad SMARTS) is 1. The van der Waals surface area contributed by atoms with Crippen molar-refractivity contribution in [3.63, 3.8) is 0 Å². The first-order valence-electron chi connectivity index (χ1n) is 11.6. The van der Waals surface area contributed by atoms with Crippen molar-refractivity contribution in [1.29, 1.82) is 0 Å². The summed E-state index contributed by atoms with van der Waals surface area (Å²) in [5.74, 6) is -0.621. The molecular formula is C27H30N2O4S. The second-order valence-corrected chi connectivity index (χ2v) is 10.6. The summed E-state index contributed by atoms with van der Waals surface area (Å²) in [4.78, 5) is 13.9. The molecule has 178 valence electrons. The Morgan fingerprint density at radius 1 is 0.971 bits per heavy atom. The SMILES string of the molecule is CN(Cc1ccccc1)c1ccc(NS(=O)(=O)c2ccc(C3CCCCC3)cc2)cc1C(=O)O. The third-order valence-corrected chi connectivity index (χ3v) is 7.82. The average Bonchev–Trinajstić information content (AvgIpc) is 2.85. The van der Waals surface area contributed by atoms with Gasteiger partial charge in [0.15, 0.2) is 0 Å². The van der Waals surface area contributed by atoms with E-state index in [4.69, 9.17) is 0 Å². The summed E-state index contributed by atoms with van der Waals surface area (Å²) >= 11 is 0. The van der Waals surface area contributed by atoms with E-state index in [1.807, 2.05) is 54.4 Å².